The lowest BCUT2D eigenvalue weighted by molar-refractivity contribution is 0.0730. The van der Waals surface area contributed by atoms with Crippen molar-refractivity contribution in [2.45, 2.75) is 11.8 Å². The van der Waals surface area contributed by atoms with Crippen molar-refractivity contribution < 1.29 is 17.9 Å². The average molecular weight is 366 g/mol. The highest BCUT2D eigenvalue weighted by molar-refractivity contribution is 7.89. The van der Waals surface area contributed by atoms with Gasteiger partial charge in [-0.15, -0.1) is 11.3 Å². The molecule has 0 spiro atoms. The maximum Gasteiger partial charge on any atom is 0.265 e. The fourth-order valence-electron chi connectivity index (χ4n) is 2.48. The highest BCUT2D eigenvalue weighted by atomic mass is 32.2. The number of morpholine rings is 1. The Morgan fingerprint density at radius 3 is 2.67 bits per heavy atom. The second-order valence-electron chi connectivity index (χ2n) is 5.43. The number of hydrogen-bond donors (Lipinski definition) is 1. The van der Waals surface area contributed by atoms with Gasteiger partial charge in [-0.1, -0.05) is 12.1 Å². The van der Waals surface area contributed by atoms with Gasteiger partial charge in [0.25, 0.3) is 5.91 Å². The summed E-state index contributed by atoms with van der Waals surface area (Å²) in [6.07, 6.45) is 0. The lowest BCUT2D eigenvalue weighted by atomic mass is 10.2. The van der Waals surface area contributed by atoms with Crippen molar-refractivity contribution in [3.8, 4) is 0 Å². The lowest BCUT2D eigenvalue weighted by Crippen LogP contribution is -2.40. The molecule has 2 aromatic rings. The first-order valence-electron chi connectivity index (χ1n) is 7.52. The zero-order valence-electron chi connectivity index (χ0n) is 13.2. The van der Waals surface area contributed by atoms with Crippen LogP contribution < -0.4 is 5.32 Å². The van der Waals surface area contributed by atoms with Crippen molar-refractivity contribution in [1.82, 2.24) is 4.31 Å². The Morgan fingerprint density at radius 1 is 1.25 bits per heavy atom. The molecule has 1 saturated heterocycles. The number of carbonyl (C=O) groups is 1. The number of benzene rings is 1. The van der Waals surface area contributed by atoms with Gasteiger partial charge in [-0.3, -0.25) is 4.79 Å². The molecule has 1 aromatic heterocycles. The molecule has 2 heterocycles. The molecule has 1 N–H and O–H groups in total. The summed E-state index contributed by atoms with van der Waals surface area (Å²) in [6, 6.07) is 8.45. The number of ether oxygens (including phenoxy) is 1. The molecule has 24 heavy (non-hydrogen) atoms. The third kappa shape index (κ3) is 3.51. The van der Waals surface area contributed by atoms with Gasteiger partial charge in [0.2, 0.25) is 10.0 Å². The molecule has 1 fully saturated rings. The molecule has 0 atom stereocenters. The molecular weight excluding hydrogens is 348 g/mol. The number of nitrogens with one attached hydrogen (secondary N) is 1. The van der Waals surface area contributed by atoms with Gasteiger partial charge < -0.3 is 10.1 Å². The minimum atomic E-state index is -3.60. The standard InChI is InChI=1S/C16H18N2O4S2/c1-12-4-5-13(17-16(19)14-3-2-10-23-14)11-15(12)24(20,21)18-6-8-22-9-7-18/h2-5,10-11H,6-9H2,1H3,(H,17,19). The van der Waals surface area contributed by atoms with E-state index < -0.39 is 10.0 Å². The minimum Gasteiger partial charge on any atom is -0.379 e. The van der Waals surface area contributed by atoms with Crippen LogP contribution in [0.1, 0.15) is 15.2 Å². The van der Waals surface area contributed by atoms with E-state index in [4.69, 9.17) is 4.74 Å². The van der Waals surface area contributed by atoms with E-state index in [1.165, 1.54) is 21.7 Å². The molecule has 6 nitrogen and oxygen atoms in total. The van der Waals surface area contributed by atoms with Crippen molar-refractivity contribution in [2.24, 2.45) is 0 Å². The predicted octanol–water partition coefficient (Wildman–Crippen LogP) is 2.33. The van der Waals surface area contributed by atoms with Crippen LogP contribution in [0.15, 0.2) is 40.6 Å². The fourth-order valence-corrected chi connectivity index (χ4v) is 4.76. The molecule has 0 radical (unpaired) electrons. The molecule has 0 bridgehead atoms. The van der Waals surface area contributed by atoms with Crippen molar-refractivity contribution in [3.63, 3.8) is 0 Å². The first-order chi connectivity index (χ1) is 11.5. The van der Waals surface area contributed by atoms with Crippen molar-refractivity contribution in [2.75, 3.05) is 31.6 Å². The maximum absolute atomic E-state index is 12.8. The third-order valence-corrected chi connectivity index (χ3v) is 6.69. The van der Waals surface area contributed by atoms with Gasteiger partial charge in [-0.05, 0) is 36.1 Å². The van der Waals surface area contributed by atoms with Crippen LogP contribution in [0.5, 0.6) is 0 Å². The van der Waals surface area contributed by atoms with Crippen LogP contribution in [0, 0.1) is 6.92 Å². The van der Waals surface area contributed by atoms with Gasteiger partial charge in [0.15, 0.2) is 0 Å². The largest absolute Gasteiger partial charge is 0.379 e. The number of carbonyl (C=O) groups excluding carboxylic acids is 1. The van der Waals surface area contributed by atoms with Gasteiger partial charge in [-0.25, -0.2) is 8.42 Å². The Balaban J connectivity index is 1.87. The van der Waals surface area contributed by atoms with Crippen LogP contribution in [0.25, 0.3) is 0 Å². The predicted molar refractivity (Wildman–Crippen MR) is 93.0 cm³/mol. The zero-order valence-corrected chi connectivity index (χ0v) is 14.8. The Hall–Kier alpha value is -1.74. The number of thiophene rings is 1. The number of aryl methyl sites for hydroxylation is 1. The molecule has 8 heteroatoms. The second-order valence-corrected chi connectivity index (χ2v) is 8.28. The van der Waals surface area contributed by atoms with Crippen LogP contribution in [0.3, 0.4) is 0 Å². The molecule has 3 rings (SSSR count). The molecule has 1 aliphatic rings. The normalized spacial score (nSPS) is 16.0. The molecule has 1 aromatic carbocycles. The van der Waals surface area contributed by atoms with Crippen LogP contribution in [-0.2, 0) is 14.8 Å². The number of rotatable bonds is 4. The number of amides is 1. The number of nitrogens with zero attached hydrogens (tertiary/aromatic N) is 1. The first-order valence-corrected chi connectivity index (χ1v) is 9.84. The Kier molecular flexibility index (Phi) is 5.00. The average Bonchev–Trinajstić information content (AvgIpc) is 3.12. The first kappa shape index (κ1) is 17.1. The minimum absolute atomic E-state index is 0.216. The topological polar surface area (TPSA) is 75.7 Å². The smallest absolute Gasteiger partial charge is 0.265 e. The van der Waals surface area contributed by atoms with E-state index in [1.807, 2.05) is 5.38 Å². The summed E-state index contributed by atoms with van der Waals surface area (Å²) in [5.41, 5.74) is 1.11. The molecule has 0 saturated carbocycles. The van der Waals surface area contributed by atoms with Gasteiger partial charge in [-0.2, -0.15) is 4.31 Å². The van der Waals surface area contributed by atoms with E-state index in [2.05, 4.69) is 5.32 Å². The summed E-state index contributed by atoms with van der Waals surface area (Å²) >= 11 is 1.33. The molecule has 1 aliphatic heterocycles. The van der Waals surface area contributed by atoms with E-state index >= 15 is 0 Å². The summed E-state index contributed by atoms with van der Waals surface area (Å²) in [5, 5.41) is 4.57. The van der Waals surface area contributed by atoms with Crippen LogP contribution >= 0.6 is 11.3 Å². The van der Waals surface area contributed by atoms with Crippen LogP contribution in [-0.4, -0.2) is 44.9 Å². The SMILES string of the molecule is Cc1ccc(NC(=O)c2cccs2)cc1S(=O)(=O)N1CCOCC1. The van der Waals surface area contributed by atoms with Crippen LogP contribution in [0.2, 0.25) is 0 Å². The van der Waals surface area contributed by atoms with Gasteiger partial charge >= 0.3 is 0 Å². The fraction of sp³-hybridized carbons (Fsp3) is 0.312. The third-order valence-electron chi connectivity index (χ3n) is 3.78. The molecular formula is C16H18N2O4S2. The summed E-state index contributed by atoms with van der Waals surface area (Å²) < 4.78 is 32.3. The number of anilines is 1. The van der Waals surface area contributed by atoms with Crippen molar-refractivity contribution >= 4 is 33.0 Å². The molecule has 1 amide bonds. The second kappa shape index (κ2) is 7.02. The van der Waals surface area contributed by atoms with Crippen LogP contribution in [0.4, 0.5) is 5.69 Å². The molecule has 128 valence electrons. The van der Waals surface area contributed by atoms with Gasteiger partial charge in [0.05, 0.1) is 23.0 Å². The van der Waals surface area contributed by atoms with Gasteiger partial charge in [0, 0.05) is 18.8 Å². The number of hydrogen-bond acceptors (Lipinski definition) is 5. The highest BCUT2D eigenvalue weighted by Gasteiger charge is 2.28. The monoisotopic (exact) mass is 366 g/mol. The highest BCUT2D eigenvalue weighted by Crippen LogP contribution is 2.25. The quantitative estimate of drug-likeness (QED) is 0.901. The summed E-state index contributed by atoms with van der Waals surface area (Å²) in [5.74, 6) is -0.247. The van der Waals surface area contributed by atoms with Crippen molar-refractivity contribution in [3.05, 3.63) is 46.2 Å². The van der Waals surface area contributed by atoms with E-state index in [0.29, 0.717) is 42.4 Å². The molecule has 0 aliphatic carbocycles. The molecule has 0 unspecified atom stereocenters. The van der Waals surface area contributed by atoms with E-state index in [1.54, 1.807) is 31.2 Å². The summed E-state index contributed by atoms with van der Waals surface area (Å²) in [4.78, 5) is 12.9. The lowest BCUT2D eigenvalue weighted by Gasteiger charge is -2.26. The summed E-state index contributed by atoms with van der Waals surface area (Å²) in [6.45, 7) is 3.22. The maximum atomic E-state index is 12.8. The van der Waals surface area contributed by atoms with E-state index in [0.717, 1.165) is 0 Å². The summed E-state index contributed by atoms with van der Waals surface area (Å²) in [7, 11) is -3.60. The van der Waals surface area contributed by atoms with E-state index in [-0.39, 0.29) is 10.8 Å². The Labute approximate surface area is 145 Å². The van der Waals surface area contributed by atoms with E-state index in [9.17, 15) is 13.2 Å². The Bertz CT molecular complexity index is 826. The van der Waals surface area contributed by atoms with Crippen molar-refractivity contribution in [1.29, 1.82) is 0 Å². The zero-order chi connectivity index (χ0) is 17.2. The number of sulfonamides is 1. The van der Waals surface area contributed by atoms with Gasteiger partial charge in [0.1, 0.15) is 0 Å². The Morgan fingerprint density at radius 2 is 2.00 bits per heavy atom.